The summed E-state index contributed by atoms with van der Waals surface area (Å²) in [5, 5.41) is 0. The fraction of sp³-hybridized carbons (Fsp3) is 0.474. The summed E-state index contributed by atoms with van der Waals surface area (Å²) in [6, 6.07) is 9.38. The van der Waals surface area contributed by atoms with Crippen LogP contribution < -0.4 is 0 Å². The van der Waals surface area contributed by atoms with Crippen molar-refractivity contribution < 1.29 is 9.59 Å². The van der Waals surface area contributed by atoms with Crippen LogP contribution in [0.2, 0.25) is 0 Å². The van der Waals surface area contributed by atoms with E-state index in [9.17, 15) is 9.59 Å². The van der Waals surface area contributed by atoms with E-state index in [-0.39, 0.29) is 11.8 Å². The van der Waals surface area contributed by atoms with E-state index in [1.165, 1.54) is 0 Å². The van der Waals surface area contributed by atoms with Crippen molar-refractivity contribution in [3.63, 3.8) is 0 Å². The number of carbonyl (C=O) groups excluding carboxylic acids is 2. The number of amides is 2. The zero-order valence-electron chi connectivity index (χ0n) is 13.2. The number of fused-ring (bicyclic) bond motifs is 2. The maximum absolute atomic E-state index is 12.7. The lowest BCUT2D eigenvalue weighted by molar-refractivity contribution is -0.137. The van der Waals surface area contributed by atoms with Crippen LogP contribution in [0.4, 0.5) is 0 Å². The average Bonchev–Trinajstić information content (AvgIpc) is 3.25. The quantitative estimate of drug-likeness (QED) is 0.786. The third-order valence-electron chi connectivity index (χ3n) is 5.50. The molecule has 0 aromatic heterocycles. The van der Waals surface area contributed by atoms with Crippen molar-refractivity contribution in [2.24, 2.45) is 17.8 Å². The SMILES string of the molecule is O=C(c1ccccc1)N1CCN(C(=O)C2CC3C=CC2C3)CC1. The van der Waals surface area contributed by atoms with Crippen LogP contribution in [-0.2, 0) is 4.79 Å². The van der Waals surface area contributed by atoms with Crippen molar-refractivity contribution in [1.82, 2.24) is 9.80 Å². The van der Waals surface area contributed by atoms with Gasteiger partial charge in [0.2, 0.25) is 5.91 Å². The Morgan fingerprint density at radius 2 is 1.57 bits per heavy atom. The van der Waals surface area contributed by atoms with Crippen molar-refractivity contribution in [3.8, 4) is 0 Å². The number of piperazine rings is 1. The van der Waals surface area contributed by atoms with E-state index in [0.29, 0.717) is 43.9 Å². The minimum absolute atomic E-state index is 0.0700. The van der Waals surface area contributed by atoms with Gasteiger partial charge in [0.1, 0.15) is 0 Å². The molecular weight excluding hydrogens is 288 g/mol. The Hall–Kier alpha value is -2.10. The molecule has 0 spiro atoms. The van der Waals surface area contributed by atoms with Crippen molar-refractivity contribution in [3.05, 3.63) is 48.0 Å². The highest BCUT2D eigenvalue weighted by Gasteiger charge is 2.42. The van der Waals surface area contributed by atoms with E-state index in [1.807, 2.05) is 40.1 Å². The number of benzene rings is 1. The summed E-state index contributed by atoms with van der Waals surface area (Å²) < 4.78 is 0. The Balaban J connectivity index is 1.35. The summed E-state index contributed by atoms with van der Waals surface area (Å²) in [6.07, 6.45) is 6.67. The Morgan fingerprint density at radius 3 is 2.17 bits per heavy atom. The molecule has 1 aromatic rings. The summed E-state index contributed by atoms with van der Waals surface area (Å²) in [4.78, 5) is 29.0. The third kappa shape index (κ3) is 2.67. The Kier molecular flexibility index (Phi) is 3.68. The van der Waals surface area contributed by atoms with E-state index in [2.05, 4.69) is 12.2 Å². The zero-order valence-corrected chi connectivity index (χ0v) is 13.2. The number of nitrogens with zero attached hydrogens (tertiary/aromatic N) is 2. The van der Waals surface area contributed by atoms with Gasteiger partial charge >= 0.3 is 0 Å². The van der Waals surface area contributed by atoms with Gasteiger partial charge in [-0.1, -0.05) is 30.4 Å². The highest BCUT2D eigenvalue weighted by atomic mass is 16.2. The van der Waals surface area contributed by atoms with Gasteiger partial charge in [-0.25, -0.2) is 0 Å². The van der Waals surface area contributed by atoms with Gasteiger partial charge in [0.05, 0.1) is 0 Å². The molecule has 1 saturated heterocycles. The highest BCUT2D eigenvalue weighted by Crippen LogP contribution is 2.44. The minimum atomic E-state index is 0.0700. The molecular formula is C19H22N2O2. The van der Waals surface area contributed by atoms with Crippen LogP contribution in [0.5, 0.6) is 0 Å². The smallest absolute Gasteiger partial charge is 0.253 e. The van der Waals surface area contributed by atoms with Gasteiger partial charge in [-0.2, -0.15) is 0 Å². The molecule has 2 fully saturated rings. The summed E-state index contributed by atoms with van der Waals surface area (Å²) in [6.45, 7) is 2.59. The Bertz CT molecular complexity index is 632. The predicted molar refractivity (Wildman–Crippen MR) is 87.8 cm³/mol. The summed E-state index contributed by atoms with van der Waals surface area (Å²) in [5.41, 5.74) is 0.727. The molecule has 23 heavy (non-hydrogen) atoms. The molecule has 120 valence electrons. The van der Waals surface area contributed by atoms with Gasteiger partial charge in [0.25, 0.3) is 5.91 Å². The van der Waals surface area contributed by atoms with Crippen molar-refractivity contribution in [1.29, 1.82) is 0 Å². The number of hydrogen-bond donors (Lipinski definition) is 0. The van der Waals surface area contributed by atoms with Crippen molar-refractivity contribution >= 4 is 11.8 Å². The second-order valence-electron chi connectivity index (χ2n) is 6.87. The normalized spacial score (nSPS) is 29.1. The van der Waals surface area contributed by atoms with Gasteiger partial charge < -0.3 is 9.80 Å². The molecule has 1 heterocycles. The molecule has 2 amide bonds. The fourth-order valence-electron chi connectivity index (χ4n) is 4.19. The van der Waals surface area contributed by atoms with E-state index >= 15 is 0 Å². The lowest BCUT2D eigenvalue weighted by Crippen LogP contribution is -2.52. The van der Waals surface area contributed by atoms with Gasteiger partial charge in [-0.15, -0.1) is 0 Å². The number of hydrogen-bond acceptors (Lipinski definition) is 2. The van der Waals surface area contributed by atoms with Crippen LogP contribution in [0.25, 0.3) is 0 Å². The van der Waals surface area contributed by atoms with Gasteiger partial charge in [0, 0.05) is 37.7 Å². The summed E-state index contributed by atoms with van der Waals surface area (Å²) in [7, 11) is 0. The molecule has 1 saturated carbocycles. The zero-order chi connectivity index (χ0) is 15.8. The van der Waals surface area contributed by atoms with E-state index in [4.69, 9.17) is 0 Å². The van der Waals surface area contributed by atoms with Crippen molar-refractivity contribution in [2.45, 2.75) is 12.8 Å². The lowest BCUT2D eigenvalue weighted by Gasteiger charge is -2.36. The average molecular weight is 310 g/mol. The molecule has 4 nitrogen and oxygen atoms in total. The van der Waals surface area contributed by atoms with Gasteiger partial charge in [-0.05, 0) is 36.8 Å². The maximum atomic E-state index is 12.7. The standard InChI is InChI=1S/C19H22N2O2/c22-18(15-4-2-1-3-5-15)20-8-10-21(11-9-20)19(23)17-13-14-6-7-16(17)12-14/h1-7,14,16-17H,8-13H2. The first-order valence-electron chi connectivity index (χ1n) is 8.54. The van der Waals surface area contributed by atoms with Crippen LogP contribution in [0, 0.1) is 17.8 Å². The van der Waals surface area contributed by atoms with Gasteiger partial charge in [0.15, 0.2) is 0 Å². The van der Waals surface area contributed by atoms with Gasteiger partial charge in [-0.3, -0.25) is 9.59 Å². The molecule has 2 bridgehead atoms. The van der Waals surface area contributed by atoms with Crippen LogP contribution in [0.1, 0.15) is 23.2 Å². The largest absolute Gasteiger partial charge is 0.339 e. The second-order valence-corrected chi connectivity index (χ2v) is 6.87. The van der Waals surface area contributed by atoms with E-state index in [0.717, 1.165) is 18.4 Å². The number of rotatable bonds is 2. The highest BCUT2D eigenvalue weighted by molar-refractivity contribution is 5.94. The van der Waals surface area contributed by atoms with E-state index in [1.54, 1.807) is 0 Å². The molecule has 4 rings (SSSR count). The monoisotopic (exact) mass is 310 g/mol. The number of allylic oxidation sites excluding steroid dienone is 2. The van der Waals surface area contributed by atoms with Crippen molar-refractivity contribution in [2.75, 3.05) is 26.2 Å². The Morgan fingerprint density at radius 1 is 0.870 bits per heavy atom. The molecule has 1 aromatic carbocycles. The molecule has 0 radical (unpaired) electrons. The first-order valence-corrected chi connectivity index (χ1v) is 8.54. The summed E-state index contributed by atoms with van der Waals surface area (Å²) >= 11 is 0. The minimum Gasteiger partial charge on any atom is -0.339 e. The second kappa shape index (κ2) is 5.84. The lowest BCUT2D eigenvalue weighted by atomic mass is 9.92. The first-order chi connectivity index (χ1) is 11.2. The molecule has 2 aliphatic carbocycles. The Labute approximate surface area is 136 Å². The van der Waals surface area contributed by atoms with Crippen LogP contribution in [0.15, 0.2) is 42.5 Å². The molecule has 0 N–H and O–H groups in total. The molecule has 4 heteroatoms. The maximum Gasteiger partial charge on any atom is 0.253 e. The first kappa shape index (κ1) is 14.5. The number of carbonyl (C=O) groups is 2. The molecule has 1 aliphatic heterocycles. The van der Waals surface area contributed by atoms with E-state index < -0.39 is 0 Å². The van der Waals surface area contributed by atoms with Crippen LogP contribution >= 0.6 is 0 Å². The molecule has 3 unspecified atom stereocenters. The fourth-order valence-corrected chi connectivity index (χ4v) is 4.19. The summed E-state index contributed by atoms with van der Waals surface area (Å²) in [5.74, 6) is 1.63. The molecule has 3 aliphatic rings. The topological polar surface area (TPSA) is 40.6 Å². The predicted octanol–water partition coefficient (Wildman–Crippen LogP) is 2.18. The van der Waals surface area contributed by atoms with Crippen LogP contribution in [0.3, 0.4) is 0 Å². The van der Waals surface area contributed by atoms with Crippen LogP contribution in [-0.4, -0.2) is 47.8 Å². The third-order valence-corrected chi connectivity index (χ3v) is 5.50. The molecule has 3 atom stereocenters.